The first-order valence-electron chi connectivity index (χ1n) is 9.62. The molecule has 1 fully saturated rings. The fourth-order valence-corrected chi connectivity index (χ4v) is 4.77. The maximum absolute atomic E-state index is 13.0. The minimum absolute atomic E-state index is 0.107. The molecule has 2 aromatic carbocycles. The number of fused-ring (bicyclic) bond motifs is 3. The van der Waals surface area contributed by atoms with E-state index in [2.05, 4.69) is 12.1 Å². The number of methoxy groups -OCH3 is 2. The number of nitriles is 2. The number of hydrogen-bond donors (Lipinski definition) is 0. The summed E-state index contributed by atoms with van der Waals surface area (Å²) in [6.07, 6.45) is 3.79. The van der Waals surface area contributed by atoms with E-state index in [-0.39, 0.29) is 5.78 Å². The lowest BCUT2D eigenvalue weighted by Gasteiger charge is -2.35. The summed E-state index contributed by atoms with van der Waals surface area (Å²) >= 11 is 0. The van der Waals surface area contributed by atoms with E-state index < -0.39 is 23.4 Å². The zero-order chi connectivity index (χ0) is 21.5. The Bertz CT molecular complexity index is 1090. The fraction of sp³-hybridized carbons (Fsp3) is 0.292. The fourth-order valence-electron chi connectivity index (χ4n) is 4.77. The number of rotatable bonds is 4. The average molecular weight is 399 g/mol. The van der Waals surface area contributed by atoms with Crippen LogP contribution >= 0.6 is 0 Å². The zero-order valence-corrected chi connectivity index (χ0v) is 17.0. The first kappa shape index (κ1) is 19.5. The van der Waals surface area contributed by atoms with Crippen LogP contribution in [0.4, 0.5) is 5.69 Å². The van der Waals surface area contributed by atoms with Gasteiger partial charge < -0.3 is 14.4 Å². The van der Waals surface area contributed by atoms with Crippen molar-refractivity contribution in [3.05, 3.63) is 59.7 Å². The Kier molecular flexibility index (Phi) is 4.72. The number of Topliss-reactive ketones (excluding diaryl/α,β-unsaturated/α-hetero) is 1. The van der Waals surface area contributed by atoms with Gasteiger partial charge in [0.15, 0.2) is 11.2 Å². The van der Waals surface area contributed by atoms with Crippen molar-refractivity contribution in [2.45, 2.75) is 24.9 Å². The molecule has 6 heteroatoms. The maximum atomic E-state index is 13.0. The molecular formula is C24H21N3O3. The number of benzene rings is 2. The molecule has 2 heterocycles. The third kappa shape index (κ3) is 2.65. The number of carbonyl (C=O) groups excluding carboxylic acids is 1. The smallest absolute Gasteiger partial charge is 0.176 e. The molecule has 3 atom stereocenters. The van der Waals surface area contributed by atoms with Gasteiger partial charge in [0.2, 0.25) is 0 Å². The molecule has 4 rings (SSSR count). The van der Waals surface area contributed by atoms with Crippen molar-refractivity contribution in [3.8, 4) is 23.6 Å². The number of ketones is 1. The molecule has 2 aliphatic heterocycles. The average Bonchev–Trinajstić information content (AvgIpc) is 3.10. The lowest BCUT2D eigenvalue weighted by Crippen LogP contribution is -2.43. The van der Waals surface area contributed by atoms with Crippen LogP contribution in [0.1, 0.15) is 24.0 Å². The van der Waals surface area contributed by atoms with Crippen LogP contribution in [-0.4, -0.2) is 32.1 Å². The minimum Gasteiger partial charge on any atom is -0.497 e. The molecular weight excluding hydrogens is 378 g/mol. The van der Waals surface area contributed by atoms with E-state index in [1.807, 2.05) is 41.3 Å². The predicted molar refractivity (Wildman–Crippen MR) is 112 cm³/mol. The lowest BCUT2D eigenvalue weighted by atomic mass is 9.69. The highest BCUT2D eigenvalue weighted by atomic mass is 16.5. The summed E-state index contributed by atoms with van der Waals surface area (Å²) in [5, 5.41) is 20.6. The van der Waals surface area contributed by atoms with Gasteiger partial charge in [-0.15, -0.1) is 0 Å². The van der Waals surface area contributed by atoms with Crippen molar-refractivity contribution in [3.63, 3.8) is 0 Å². The molecule has 0 unspecified atom stereocenters. The van der Waals surface area contributed by atoms with Gasteiger partial charge in [0.25, 0.3) is 0 Å². The summed E-state index contributed by atoms with van der Waals surface area (Å²) in [6, 6.07) is 16.3. The molecule has 0 aliphatic carbocycles. The van der Waals surface area contributed by atoms with Crippen molar-refractivity contribution < 1.29 is 14.3 Å². The van der Waals surface area contributed by atoms with Crippen LogP contribution in [0.25, 0.3) is 6.08 Å². The summed E-state index contributed by atoms with van der Waals surface area (Å²) in [4.78, 5) is 14.9. The molecule has 0 bridgehead atoms. The highest BCUT2D eigenvalue weighted by Crippen LogP contribution is 2.55. The van der Waals surface area contributed by atoms with Gasteiger partial charge >= 0.3 is 0 Å². The summed E-state index contributed by atoms with van der Waals surface area (Å²) in [7, 11) is 3.08. The minimum atomic E-state index is -1.46. The van der Waals surface area contributed by atoms with Crippen molar-refractivity contribution in [1.82, 2.24) is 0 Å². The molecule has 0 amide bonds. The van der Waals surface area contributed by atoms with Gasteiger partial charge in [0.05, 0.1) is 38.4 Å². The second-order valence-electron chi connectivity index (χ2n) is 7.54. The quantitative estimate of drug-likeness (QED) is 0.779. The van der Waals surface area contributed by atoms with Crippen LogP contribution in [0.2, 0.25) is 0 Å². The molecule has 0 spiro atoms. The first-order chi connectivity index (χ1) is 14.5. The third-order valence-corrected chi connectivity index (χ3v) is 6.06. The van der Waals surface area contributed by atoms with E-state index in [4.69, 9.17) is 9.47 Å². The highest BCUT2D eigenvalue weighted by molar-refractivity contribution is 5.91. The molecule has 30 heavy (non-hydrogen) atoms. The van der Waals surface area contributed by atoms with Crippen LogP contribution in [0.5, 0.6) is 11.5 Å². The van der Waals surface area contributed by atoms with Gasteiger partial charge in [-0.25, -0.2) is 0 Å². The second kappa shape index (κ2) is 7.24. The van der Waals surface area contributed by atoms with Gasteiger partial charge in [-0.1, -0.05) is 30.4 Å². The molecule has 0 N–H and O–H groups in total. The Hall–Kier alpha value is -3.77. The van der Waals surface area contributed by atoms with Gasteiger partial charge in [-0.05, 0) is 36.2 Å². The van der Waals surface area contributed by atoms with E-state index in [1.54, 1.807) is 32.4 Å². The summed E-state index contributed by atoms with van der Waals surface area (Å²) in [5.74, 6) is 0.286. The molecule has 0 radical (unpaired) electrons. The Labute approximate surface area is 175 Å². The Morgan fingerprint density at radius 3 is 2.27 bits per heavy atom. The molecule has 0 saturated carbocycles. The number of nitrogens with zero attached hydrogens (tertiary/aromatic N) is 3. The number of para-hydroxylation sites is 1. The van der Waals surface area contributed by atoms with Gasteiger partial charge in [-0.2, -0.15) is 10.5 Å². The number of hydrogen-bond acceptors (Lipinski definition) is 6. The van der Waals surface area contributed by atoms with Crippen LogP contribution in [0.3, 0.4) is 0 Å². The molecule has 1 saturated heterocycles. The zero-order valence-electron chi connectivity index (χ0n) is 17.0. The van der Waals surface area contributed by atoms with Crippen LogP contribution in [0, 0.1) is 28.1 Å². The molecule has 150 valence electrons. The van der Waals surface area contributed by atoms with Crippen LogP contribution < -0.4 is 14.4 Å². The number of ether oxygens (including phenoxy) is 2. The second-order valence-corrected chi connectivity index (χ2v) is 7.54. The maximum Gasteiger partial charge on any atom is 0.176 e. The van der Waals surface area contributed by atoms with Gasteiger partial charge in [0.1, 0.15) is 11.5 Å². The third-order valence-electron chi connectivity index (χ3n) is 6.06. The number of anilines is 1. The SMILES string of the molecule is COc1cc(OC)cc([C@@H]2[C@@H](C(C)=O)N3c4ccccc4C=C[C@@H]3C2(C#N)C#N)c1. The van der Waals surface area contributed by atoms with Crippen LogP contribution in [0.15, 0.2) is 48.5 Å². The number of carbonyl (C=O) groups is 1. The Morgan fingerprint density at radius 1 is 1.07 bits per heavy atom. The van der Waals surface area contributed by atoms with Crippen molar-refractivity contribution in [2.75, 3.05) is 19.1 Å². The molecule has 0 aromatic heterocycles. The standard InChI is InChI=1S/C24H21N3O3/c1-15(28)23-22(17-10-18(29-2)12-19(11-17)30-3)24(13-25,14-26)21-9-8-16-6-4-5-7-20(16)27(21)23/h4-12,21-23H,1-3H3/t21-,22-,23-/m1/s1. The lowest BCUT2D eigenvalue weighted by molar-refractivity contribution is -0.118. The molecule has 2 aromatic rings. The summed E-state index contributed by atoms with van der Waals surface area (Å²) < 4.78 is 10.8. The van der Waals surface area contributed by atoms with E-state index in [9.17, 15) is 15.3 Å². The topological polar surface area (TPSA) is 86.3 Å². The van der Waals surface area contributed by atoms with Crippen LogP contribution in [-0.2, 0) is 4.79 Å². The first-order valence-corrected chi connectivity index (χ1v) is 9.62. The van der Waals surface area contributed by atoms with E-state index in [0.29, 0.717) is 17.1 Å². The van der Waals surface area contributed by atoms with E-state index >= 15 is 0 Å². The van der Waals surface area contributed by atoms with Gasteiger partial charge in [-0.3, -0.25) is 4.79 Å². The Morgan fingerprint density at radius 2 is 1.70 bits per heavy atom. The van der Waals surface area contributed by atoms with Gasteiger partial charge in [0, 0.05) is 17.7 Å². The van der Waals surface area contributed by atoms with Crippen molar-refractivity contribution in [1.29, 1.82) is 10.5 Å². The summed E-state index contributed by atoms with van der Waals surface area (Å²) in [6.45, 7) is 1.51. The monoisotopic (exact) mass is 399 g/mol. The summed E-state index contributed by atoms with van der Waals surface area (Å²) in [5.41, 5.74) is 0.999. The largest absolute Gasteiger partial charge is 0.497 e. The normalized spacial score (nSPS) is 23.0. The predicted octanol–water partition coefficient (Wildman–Crippen LogP) is 3.69. The van der Waals surface area contributed by atoms with E-state index in [0.717, 1.165) is 11.3 Å². The molecule has 6 nitrogen and oxygen atoms in total. The van der Waals surface area contributed by atoms with E-state index in [1.165, 1.54) is 6.92 Å². The molecule has 2 aliphatic rings. The Balaban J connectivity index is 2.00. The van der Waals surface area contributed by atoms with Crippen molar-refractivity contribution >= 4 is 17.5 Å². The van der Waals surface area contributed by atoms with Crippen molar-refractivity contribution in [2.24, 2.45) is 5.41 Å². The highest BCUT2D eigenvalue weighted by Gasteiger charge is 2.62.